The second-order valence-electron chi connectivity index (χ2n) is 4.98. The van der Waals surface area contributed by atoms with Crippen molar-refractivity contribution in [3.63, 3.8) is 0 Å². The number of rotatable bonds is 6. The van der Waals surface area contributed by atoms with E-state index in [2.05, 4.69) is 21.8 Å². The molecule has 1 aromatic heterocycles. The number of nitrogens with one attached hydrogen (secondary N) is 2. The lowest BCUT2D eigenvalue weighted by Crippen LogP contribution is -2.39. The molecular weight excluding hydrogens is 296 g/mol. The maximum atomic E-state index is 12.6. The summed E-state index contributed by atoms with van der Waals surface area (Å²) < 4.78 is 28.0. The zero-order valence-corrected chi connectivity index (χ0v) is 13.5. The summed E-state index contributed by atoms with van der Waals surface area (Å²) in [5, 5.41) is 7.02. The molecule has 2 unspecified atom stereocenters. The van der Waals surface area contributed by atoms with Gasteiger partial charge in [-0.05, 0) is 25.5 Å². The lowest BCUT2D eigenvalue weighted by Gasteiger charge is -2.20. The summed E-state index contributed by atoms with van der Waals surface area (Å²) in [5.74, 6) is 1.00. The number of nitrogens with zero attached hydrogens (tertiary/aromatic N) is 1. The van der Waals surface area contributed by atoms with Crippen LogP contribution < -0.4 is 10.5 Å². The van der Waals surface area contributed by atoms with Gasteiger partial charge in [0.05, 0.1) is 11.4 Å². The van der Waals surface area contributed by atoms with Crippen molar-refractivity contribution < 1.29 is 8.42 Å². The molecule has 0 amide bonds. The van der Waals surface area contributed by atoms with Crippen LogP contribution in [-0.2, 0) is 16.6 Å². The zero-order chi connectivity index (χ0) is 14.8. The SMILES string of the molecule is CCSC1CCCC1NS(=O)(=O)c1c(CN)n[nH]c1C. The minimum absolute atomic E-state index is 0.00451. The predicted molar refractivity (Wildman–Crippen MR) is 81.1 cm³/mol. The number of nitrogens with two attached hydrogens (primary N) is 1. The van der Waals surface area contributed by atoms with Gasteiger partial charge in [-0.25, -0.2) is 13.1 Å². The summed E-state index contributed by atoms with van der Waals surface area (Å²) in [4.78, 5) is 0.215. The quantitative estimate of drug-likeness (QED) is 0.730. The van der Waals surface area contributed by atoms with Gasteiger partial charge >= 0.3 is 0 Å². The molecule has 1 fully saturated rings. The summed E-state index contributed by atoms with van der Waals surface area (Å²) in [5.41, 5.74) is 6.50. The van der Waals surface area contributed by atoms with E-state index in [9.17, 15) is 8.42 Å². The van der Waals surface area contributed by atoms with E-state index >= 15 is 0 Å². The largest absolute Gasteiger partial charge is 0.325 e. The van der Waals surface area contributed by atoms with Gasteiger partial charge in [0.15, 0.2) is 0 Å². The van der Waals surface area contributed by atoms with Crippen LogP contribution in [0.1, 0.15) is 37.6 Å². The van der Waals surface area contributed by atoms with Crippen molar-refractivity contribution in [2.45, 2.75) is 55.8 Å². The molecule has 0 radical (unpaired) electrons. The van der Waals surface area contributed by atoms with E-state index in [0.29, 0.717) is 16.6 Å². The summed E-state index contributed by atoms with van der Waals surface area (Å²) in [6.45, 7) is 3.91. The number of sulfonamides is 1. The van der Waals surface area contributed by atoms with Crippen LogP contribution in [0.5, 0.6) is 0 Å². The van der Waals surface area contributed by atoms with Crippen molar-refractivity contribution >= 4 is 21.8 Å². The molecule has 0 saturated heterocycles. The summed E-state index contributed by atoms with van der Waals surface area (Å²) in [6.07, 6.45) is 3.03. The molecule has 2 atom stereocenters. The highest BCUT2D eigenvalue weighted by Gasteiger charge is 2.33. The minimum Gasteiger partial charge on any atom is -0.325 e. The first-order valence-electron chi connectivity index (χ1n) is 6.87. The molecule has 6 nitrogen and oxygen atoms in total. The fraction of sp³-hybridized carbons (Fsp3) is 0.750. The van der Waals surface area contributed by atoms with Crippen LogP contribution in [0.2, 0.25) is 0 Å². The Morgan fingerprint density at radius 2 is 2.25 bits per heavy atom. The lowest BCUT2D eigenvalue weighted by atomic mass is 10.3. The molecule has 1 saturated carbocycles. The fourth-order valence-corrected chi connectivity index (χ4v) is 5.67. The molecule has 114 valence electrons. The predicted octanol–water partition coefficient (Wildman–Crippen LogP) is 1.13. The lowest BCUT2D eigenvalue weighted by molar-refractivity contribution is 0.553. The maximum absolute atomic E-state index is 12.6. The Morgan fingerprint density at radius 1 is 1.50 bits per heavy atom. The number of hydrogen-bond acceptors (Lipinski definition) is 5. The Morgan fingerprint density at radius 3 is 2.90 bits per heavy atom. The molecule has 4 N–H and O–H groups in total. The highest BCUT2D eigenvalue weighted by molar-refractivity contribution is 8.00. The van der Waals surface area contributed by atoms with Crippen molar-refractivity contribution in [2.75, 3.05) is 5.75 Å². The molecule has 2 rings (SSSR count). The molecule has 1 aliphatic carbocycles. The van der Waals surface area contributed by atoms with Gasteiger partial charge in [0, 0.05) is 17.8 Å². The molecule has 0 bridgehead atoms. The molecular formula is C12H22N4O2S2. The highest BCUT2D eigenvalue weighted by Crippen LogP contribution is 2.31. The van der Waals surface area contributed by atoms with Gasteiger partial charge in [0.2, 0.25) is 10.0 Å². The number of hydrogen-bond donors (Lipinski definition) is 3. The van der Waals surface area contributed by atoms with Gasteiger partial charge in [0.25, 0.3) is 0 Å². The number of aryl methyl sites for hydroxylation is 1. The number of thioether (sulfide) groups is 1. The normalized spacial score (nSPS) is 23.4. The Labute approximate surface area is 124 Å². The first-order chi connectivity index (χ1) is 9.49. The number of aromatic amines is 1. The van der Waals surface area contributed by atoms with Crippen LogP contribution in [0.15, 0.2) is 4.90 Å². The third-order valence-corrected chi connectivity index (χ3v) is 6.58. The molecule has 1 heterocycles. The topological polar surface area (TPSA) is 101 Å². The van der Waals surface area contributed by atoms with E-state index < -0.39 is 10.0 Å². The van der Waals surface area contributed by atoms with Crippen molar-refractivity contribution in [1.82, 2.24) is 14.9 Å². The molecule has 0 spiro atoms. The maximum Gasteiger partial charge on any atom is 0.244 e. The van der Waals surface area contributed by atoms with Gasteiger partial charge in [-0.15, -0.1) is 0 Å². The fourth-order valence-electron chi connectivity index (χ4n) is 2.70. The monoisotopic (exact) mass is 318 g/mol. The average Bonchev–Trinajstić information content (AvgIpc) is 2.97. The third-order valence-electron chi connectivity index (χ3n) is 3.56. The number of H-pyrrole nitrogens is 1. The van der Waals surface area contributed by atoms with Crippen LogP contribution in [0.3, 0.4) is 0 Å². The zero-order valence-electron chi connectivity index (χ0n) is 11.8. The molecule has 1 aromatic rings. The van der Waals surface area contributed by atoms with Gasteiger partial charge < -0.3 is 5.73 Å². The molecule has 20 heavy (non-hydrogen) atoms. The minimum atomic E-state index is -3.56. The molecule has 1 aliphatic rings. The highest BCUT2D eigenvalue weighted by atomic mass is 32.2. The average molecular weight is 318 g/mol. The van der Waals surface area contributed by atoms with Crippen molar-refractivity contribution in [1.29, 1.82) is 0 Å². The van der Waals surface area contributed by atoms with Crippen molar-refractivity contribution in [3.05, 3.63) is 11.4 Å². The van der Waals surface area contributed by atoms with E-state index in [1.54, 1.807) is 6.92 Å². The van der Waals surface area contributed by atoms with Crippen LogP contribution in [0.25, 0.3) is 0 Å². The second-order valence-corrected chi connectivity index (χ2v) is 8.15. The Bertz CT molecular complexity index is 556. The van der Waals surface area contributed by atoms with E-state index in [1.807, 2.05) is 11.8 Å². The summed E-state index contributed by atoms with van der Waals surface area (Å²) in [6, 6.07) is 0.00451. The van der Waals surface area contributed by atoms with E-state index in [0.717, 1.165) is 25.0 Å². The van der Waals surface area contributed by atoms with Crippen LogP contribution in [-0.4, -0.2) is 35.7 Å². The molecule has 0 aliphatic heterocycles. The third kappa shape index (κ3) is 3.19. The Balaban J connectivity index is 2.21. The Hall–Kier alpha value is -0.570. The van der Waals surface area contributed by atoms with E-state index in [4.69, 9.17) is 5.73 Å². The number of aromatic nitrogens is 2. The van der Waals surface area contributed by atoms with Gasteiger partial charge in [-0.2, -0.15) is 16.9 Å². The van der Waals surface area contributed by atoms with Crippen molar-refractivity contribution in [3.8, 4) is 0 Å². The van der Waals surface area contributed by atoms with E-state index in [-0.39, 0.29) is 17.5 Å². The molecule has 0 aromatic carbocycles. The second kappa shape index (κ2) is 6.46. The van der Waals surface area contributed by atoms with Crippen LogP contribution >= 0.6 is 11.8 Å². The van der Waals surface area contributed by atoms with Crippen molar-refractivity contribution in [2.24, 2.45) is 5.73 Å². The summed E-state index contributed by atoms with van der Waals surface area (Å²) >= 11 is 1.82. The van der Waals surface area contributed by atoms with Crippen LogP contribution in [0, 0.1) is 6.92 Å². The molecule has 8 heteroatoms. The van der Waals surface area contributed by atoms with Gasteiger partial charge in [-0.1, -0.05) is 13.3 Å². The smallest absolute Gasteiger partial charge is 0.244 e. The first-order valence-corrected chi connectivity index (χ1v) is 9.40. The van der Waals surface area contributed by atoms with Gasteiger partial charge in [-0.3, -0.25) is 5.10 Å². The summed E-state index contributed by atoms with van der Waals surface area (Å²) in [7, 11) is -3.56. The van der Waals surface area contributed by atoms with Gasteiger partial charge in [0.1, 0.15) is 4.90 Å². The Kier molecular flexibility index (Phi) is 5.11. The first kappa shape index (κ1) is 15.8. The standard InChI is InChI=1S/C12H22N4O2S2/c1-3-19-11-6-4-5-9(11)16-20(17,18)12-8(2)14-15-10(12)7-13/h9,11,16H,3-7,13H2,1-2H3,(H,14,15). The van der Waals surface area contributed by atoms with Crippen LogP contribution in [0.4, 0.5) is 0 Å². The van der Waals surface area contributed by atoms with E-state index in [1.165, 1.54) is 0 Å².